The third-order valence-corrected chi connectivity index (χ3v) is 5.29. The van der Waals surface area contributed by atoms with Gasteiger partial charge in [-0.2, -0.15) is 5.10 Å². The molecule has 7 heteroatoms. The van der Waals surface area contributed by atoms with Crippen LogP contribution in [0.25, 0.3) is 11.6 Å². The molecule has 0 saturated carbocycles. The van der Waals surface area contributed by atoms with Crippen molar-refractivity contribution in [1.29, 1.82) is 0 Å². The van der Waals surface area contributed by atoms with Crippen molar-refractivity contribution in [2.24, 2.45) is 7.05 Å². The van der Waals surface area contributed by atoms with Crippen LogP contribution in [0.5, 0.6) is 0 Å². The van der Waals surface area contributed by atoms with E-state index in [1.165, 1.54) is 11.1 Å². The van der Waals surface area contributed by atoms with Crippen molar-refractivity contribution >= 4 is 11.8 Å². The maximum absolute atomic E-state index is 5.56. The Morgan fingerprint density at radius 3 is 2.67 bits per heavy atom. The Morgan fingerprint density at radius 1 is 1.04 bits per heavy atom. The van der Waals surface area contributed by atoms with Gasteiger partial charge in [0.25, 0.3) is 0 Å². The van der Waals surface area contributed by atoms with Gasteiger partial charge in [0.2, 0.25) is 5.82 Å². The number of aromatic nitrogens is 5. The summed E-state index contributed by atoms with van der Waals surface area (Å²) < 4.78 is 9.52. The number of rotatable bonds is 8. The molecule has 0 saturated heterocycles. The Balaban J connectivity index is 1.47. The molecule has 0 atom stereocenters. The van der Waals surface area contributed by atoms with E-state index < -0.39 is 0 Å². The van der Waals surface area contributed by atoms with Gasteiger partial charge in [-0.05, 0) is 36.1 Å². The van der Waals surface area contributed by atoms with E-state index >= 15 is 0 Å². The molecule has 0 spiro atoms. The molecule has 6 nitrogen and oxygen atoms in total. The van der Waals surface area contributed by atoms with Gasteiger partial charge in [0.05, 0.1) is 19.0 Å². The van der Waals surface area contributed by atoms with Crippen LogP contribution in [-0.4, -0.2) is 30.3 Å². The second-order valence-electron chi connectivity index (χ2n) is 6.33. The van der Waals surface area contributed by atoms with Crippen molar-refractivity contribution in [2.75, 3.05) is 5.75 Å². The maximum atomic E-state index is 5.56. The second-order valence-corrected chi connectivity index (χ2v) is 7.39. The summed E-state index contributed by atoms with van der Waals surface area (Å²) in [5, 5.41) is 13.9. The molecule has 0 fully saturated rings. The van der Waals surface area contributed by atoms with Crippen molar-refractivity contribution in [1.82, 2.24) is 24.5 Å². The first-order valence-corrected chi connectivity index (χ1v) is 9.89. The average Bonchev–Trinajstić information content (AvgIpc) is 3.42. The van der Waals surface area contributed by atoms with Crippen LogP contribution in [0.3, 0.4) is 0 Å². The second kappa shape index (κ2) is 8.26. The lowest BCUT2D eigenvalue weighted by Crippen LogP contribution is -2.04. The summed E-state index contributed by atoms with van der Waals surface area (Å²) in [5.74, 6) is 2.47. The van der Waals surface area contributed by atoms with Gasteiger partial charge in [0, 0.05) is 19.0 Å². The normalized spacial score (nSPS) is 11.1. The molecule has 3 heterocycles. The topological polar surface area (TPSA) is 61.7 Å². The largest absolute Gasteiger partial charge is 0.461 e. The number of hydrogen-bond acceptors (Lipinski definition) is 5. The van der Waals surface area contributed by atoms with Gasteiger partial charge < -0.3 is 4.42 Å². The van der Waals surface area contributed by atoms with Gasteiger partial charge in [-0.3, -0.25) is 9.25 Å². The van der Waals surface area contributed by atoms with Crippen molar-refractivity contribution in [3.63, 3.8) is 0 Å². The van der Waals surface area contributed by atoms with E-state index in [-0.39, 0.29) is 0 Å². The highest BCUT2D eigenvalue weighted by molar-refractivity contribution is 7.99. The molecule has 0 N–H and O–H groups in total. The van der Waals surface area contributed by atoms with Crippen molar-refractivity contribution in [2.45, 2.75) is 24.5 Å². The van der Waals surface area contributed by atoms with E-state index in [0.717, 1.165) is 41.9 Å². The van der Waals surface area contributed by atoms with Crippen LogP contribution in [0.1, 0.15) is 17.5 Å². The minimum atomic E-state index is 0.717. The standard InChI is InChI=1S/C20H21N5OS/c1-24-14-17(13-21-24)9-6-12-27-20-23-22-19(18-10-5-11-26-18)25(20)15-16-7-3-2-4-8-16/h2-5,7-8,10-11,13-14H,6,9,12,15H2,1H3. The SMILES string of the molecule is Cn1cc(CCCSc2nnc(-c3ccco3)n2Cc2ccccc2)cn1. The zero-order valence-electron chi connectivity index (χ0n) is 15.2. The van der Waals surface area contributed by atoms with Gasteiger partial charge >= 0.3 is 0 Å². The summed E-state index contributed by atoms with van der Waals surface area (Å²) in [6, 6.07) is 14.1. The van der Waals surface area contributed by atoms with E-state index in [0.29, 0.717) is 0 Å². The molecule has 0 radical (unpaired) electrons. The number of benzene rings is 1. The summed E-state index contributed by atoms with van der Waals surface area (Å²) in [6.07, 6.45) is 7.73. The zero-order chi connectivity index (χ0) is 18.5. The number of aryl methyl sites for hydroxylation is 2. The number of hydrogen-bond donors (Lipinski definition) is 0. The van der Waals surface area contributed by atoms with Gasteiger partial charge in [-0.1, -0.05) is 42.1 Å². The lowest BCUT2D eigenvalue weighted by Gasteiger charge is -2.09. The summed E-state index contributed by atoms with van der Waals surface area (Å²) in [6.45, 7) is 0.717. The first-order valence-electron chi connectivity index (χ1n) is 8.91. The minimum Gasteiger partial charge on any atom is -0.461 e. The molecule has 1 aromatic carbocycles. The smallest absolute Gasteiger partial charge is 0.200 e. The zero-order valence-corrected chi connectivity index (χ0v) is 16.0. The maximum Gasteiger partial charge on any atom is 0.200 e. The van der Waals surface area contributed by atoms with Crippen molar-refractivity contribution < 1.29 is 4.42 Å². The number of nitrogens with zero attached hydrogens (tertiary/aromatic N) is 5. The molecular weight excluding hydrogens is 358 g/mol. The van der Waals surface area contributed by atoms with Crippen LogP contribution in [-0.2, 0) is 20.0 Å². The Morgan fingerprint density at radius 2 is 1.93 bits per heavy atom. The highest BCUT2D eigenvalue weighted by Gasteiger charge is 2.16. The molecule has 0 aliphatic carbocycles. The predicted octanol–water partition coefficient (Wildman–Crippen LogP) is 4.04. The first kappa shape index (κ1) is 17.6. The highest BCUT2D eigenvalue weighted by Crippen LogP contribution is 2.26. The Kier molecular flexibility index (Phi) is 5.39. The fourth-order valence-corrected chi connectivity index (χ4v) is 3.81. The third-order valence-electron chi connectivity index (χ3n) is 4.24. The average molecular weight is 379 g/mol. The van der Waals surface area contributed by atoms with Gasteiger partial charge in [-0.25, -0.2) is 0 Å². The van der Waals surface area contributed by atoms with E-state index in [1.807, 2.05) is 48.3 Å². The Labute approximate surface area is 162 Å². The van der Waals surface area contributed by atoms with E-state index in [2.05, 4.69) is 38.2 Å². The summed E-state index contributed by atoms with van der Waals surface area (Å²) in [5.41, 5.74) is 2.47. The first-order chi connectivity index (χ1) is 13.3. The summed E-state index contributed by atoms with van der Waals surface area (Å²) in [7, 11) is 1.94. The molecule has 4 aromatic rings. The monoisotopic (exact) mass is 379 g/mol. The quantitative estimate of drug-likeness (QED) is 0.341. The summed E-state index contributed by atoms with van der Waals surface area (Å²) >= 11 is 1.73. The Hall–Kier alpha value is -2.80. The van der Waals surface area contributed by atoms with Gasteiger partial charge in [0.1, 0.15) is 0 Å². The predicted molar refractivity (Wildman–Crippen MR) is 106 cm³/mol. The van der Waals surface area contributed by atoms with Crippen LogP contribution in [0.2, 0.25) is 0 Å². The Bertz CT molecular complexity index is 975. The van der Waals surface area contributed by atoms with Crippen LogP contribution in [0.15, 0.2) is 70.7 Å². The molecular formula is C20H21N5OS. The fourth-order valence-electron chi connectivity index (χ4n) is 2.93. The minimum absolute atomic E-state index is 0.717. The molecule has 27 heavy (non-hydrogen) atoms. The highest BCUT2D eigenvalue weighted by atomic mass is 32.2. The molecule has 0 aliphatic heterocycles. The van der Waals surface area contributed by atoms with E-state index in [4.69, 9.17) is 4.42 Å². The molecule has 138 valence electrons. The molecule has 0 unspecified atom stereocenters. The molecule has 4 rings (SSSR count). The third kappa shape index (κ3) is 4.31. The molecule has 0 aliphatic rings. The van der Waals surface area contributed by atoms with Crippen molar-refractivity contribution in [3.05, 3.63) is 72.2 Å². The van der Waals surface area contributed by atoms with Crippen LogP contribution >= 0.6 is 11.8 Å². The molecule has 0 amide bonds. The number of furan rings is 1. The van der Waals surface area contributed by atoms with E-state index in [9.17, 15) is 0 Å². The number of thioether (sulfide) groups is 1. The van der Waals surface area contributed by atoms with Crippen molar-refractivity contribution in [3.8, 4) is 11.6 Å². The van der Waals surface area contributed by atoms with Gasteiger partial charge in [0.15, 0.2) is 10.9 Å². The summed E-state index contributed by atoms with van der Waals surface area (Å²) in [4.78, 5) is 0. The van der Waals surface area contributed by atoms with Gasteiger partial charge in [-0.15, -0.1) is 10.2 Å². The van der Waals surface area contributed by atoms with Crippen LogP contribution in [0.4, 0.5) is 0 Å². The van der Waals surface area contributed by atoms with Crippen LogP contribution < -0.4 is 0 Å². The molecule has 3 aromatic heterocycles. The lowest BCUT2D eigenvalue weighted by molar-refractivity contribution is 0.569. The fraction of sp³-hybridized carbons (Fsp3) is 0.250. The van der Waals surface area contributed by atoms with Crippen LogP contribution in [0, 0.1) is 0 Å². The molecule has 0 bridgehead atoms. The lowest BCUT2D eigenvalue weighted by atomic mass is 10.2. The van der Waals surface area contributed by atoms with E-state index in [1.54, 1.807) is 18.0 Å².